The molecule has 2 aromatic carbocycles. The van der Waals surface area contributed by atoms with Gasteiger partial charge in [0.2, 0.25) is 10.0 Å². The Kier molecular flexibility index (Phi) is 5.25. The fraction of sp³-hybridized carbons (Fsp3) is 0.333. The molecule has 2 aliphatic heterocycles. The predicted molar refractivity (Wildman–Crippen MR) is 111 cm³/mol. The molecule has 9 heteroatoms. The molecule has 2 aliphatic rings. The lowest BCUT2D eigenvalue weighted by Crippen LogP contribution is -2.50. The highest BCUT2D eigenvalue weighted by Crippen LogP contribution is 2.35. The summed E-state index contributed by atoms with van der Waals surface area (Å²) in [5.41, 5.74) is 1.58. The van der Waals surface area contributed by atoms with Gasteiger partial charge in [0.15, 0.2) is 6.10 Å². The van der Waals surface area contributed by atoms with Crippen molar-refractivity contribution in [1.82, 2.24) is 9.21 Å². The molecule has 2 heterocycles. The van der Waals surface area contributed by atoms with E-state index in [4.69, 9.17) is 4.74 Å². The lowest BCUT2D eigenvalue weighted by Gasteiger charge is -2.34. The molecule has 0 aromatic heterocycles. The number of nitrogens with zero attached hydrogens (tertiary/aromatic N) is 2. The van der Waals surface area contributed by atoms with E-state index in [9.17, 15) is 18.0 Å². The number of piperazine rings is 1. The second-order valence-corrected chi connectivity index (χ2v) is 9.33. The van der Waals surface area contributed by atoms with Crippen molar-refractivity contribution in [3.63, 3.8) is 0 Å². The van der Waals surface area contributed by atoms with Crippen LogP contribution in [0.2, 0.25) is 0 Å². The molecule has 0 spiro atoms. The van der Waals surface area contributed by atoms with E-state index in [2.05, 4.69) is 5.32 Å². The second-order valence-electron chi connectivity index (χ2n) is 7.43. The van der Waals surface area contributed by atoms with E-state index < -0.39 is 16.1 Å². The van der Waals surface area contributed by atoms with Crippen molar-refractivity contribution in [1.29, 1.82) is 0 Å². The van der Waals surface area contributed by atoms with Crippen LogP contribution in [0.3, 0.4) is 0 Å². The van der Waals surface area contributed by atoms with Crippen LogP contribution >= 0.6 is 0 Å². The number of fused-ring (bicyclic) bond motifs is 1. The zero-order valence-corrected chi connectivity index (χ0v) is 17.6. The first kappa shape index (κ1) is 20.4. The van der Waals surface area contributed by atoms with Gasteiger partial charge >= 0.3 is 0 Å². The Morgan fingerprint density at radius 2 is 1.77 bits per heavy atom. The molecule has 0 unspecified atom stereocenters. The van der Waals surface area contributed by atoms with Gasteiger partial charge in [0.25, 0.3) is 11.8 Å². The van der Waals surface area contributed by atoms with E-state index in [1.165, 1.54) is 10.4 Å². The zero-order chi connectivity index (χ0) is 21.5. The molecule has 1 N–H and O–H groups in total. The lowest BCUT2D eigenvalue weighted by molar-refractivity contribution is -0.122. The van der Waals surface area contributed by atoms with Crippen LogP contribution in [0.4, 0.5) is 5.69 Å². The Morgan fingerprint density at radius 1 is 1.10 bits per heavy atom. The van der Waals surface area contributed by atoms with Crippen LogP contribution in [0.25, 0.3) is 0 Å². The van der Waals surface area contributed by atoms with Crippen LogP contribution in [0.5, 0.6) is 5.75 Å². The Labute approximate surface area is 175 Å². The molecule has 8 nitrogen and oxygen atoms in total. The standard InChI is InChI=1S/C21H23N3O5S/c1-14-12-17-18(29-15(2)20(25)22-17)13-19(14)30(27,28)24-10-8-23(9-11-24)21(26)16-6-4-3-5-7-16/h3-7,12-13,15H,8-11H2,1-2H3,(H,22,25)/t15-/m1/s1. The number of carbonyl (C=O) groups excluding carboxylic acids is 2. The number of amides is 2. The van der Waals surface area contributed by atoms with Crippen LogP contribution in [-0.4, -0.2) is 61.7 Å². The molecule has 0 radical (unpaired) electrons. The normalized spacial score (nSPS) is 19.6. The largest absolute Gasteiger partial charge is 0.479 e. The molecule has 30 heavy (non-hydrogen) atoms. The predicted octanol–water partition coefficient (Wildman–Crippen LogP) is 1.86. The minimum absolute atomic E-state index is 0.101. The summed E-state index contributed by atoms with van der Waals surface area (Å²) in [5.74, 6) is -0.0309. The number of hydrogen-bond acceptors (Lipinski definition) is 5. The van der Waals surface area contributed by atoms with Gasteiger partial charge in [0, 0.05) is 37.8 Å². The van der Waals surface area contributed by atoms with Crippen LogP contribution < -0.4 is 10.1 Å². The van der Waals surface area contributed by atoms with Gasteiger partial charge in [-0.2, -0.15) is 4.31 Å². The lowest BCUT2D eigenvalue weighted by atomic mass is 10.1. The van der Waals surface area contributed by atoms with Gasteiger partial charge in [0.05, 0.1) is 10.6 Å². The van der Waals surface area contributed by atoms with Gasteiger partial charge in [0.1, 0.15) is 5.75 Å². The maximum atomic E-state index is 13.3. The highest BCUT2D eigenvalue weighted by atomic mass is 32.2. The van der Waals surface area contributed by atoms with Crippen LogP contribution in [0, 0.1) is 6.92 Å². The van der Waals surface area contributed by atoms with Crippen LogP contribution in [-0.2, 0) is 14.8 Å². The average Bonchev–Trinajstić information content (AvgIpc) is 2.74. The summed E-state index contributed by atoms with van der Waals surface area (Å²) in [5, 5.41) is 2.73. The average molecular weight is 429 g/mol. The third-order valence-electron chi connectivity index (χ3n) is 5.37. The van der Waals surface area contributed by atoms with E-state index in [1.54, 1.807) is 49.1 Å². The minimum Gasteiger partial charge on any atom is -0.479 e. The maximum absolute atomic E-state index is 13.3. The smallest absolute Gasteiger partial charge is 0.265 e. The van der Waals surface area contributed by atoms with Crippen molar-refractivity contribution >= 4 is 27.5 Å². The van der Waals surface area contributed by atoms with Crippen molar-refractivity contribution in [3.05, 3.63) is 53.6 Å². The highest BCUT2D eigenvalue weighted by Gasteiger charge is 2.33. The fourth-order valence-corrected chi connectivity index (χ4v) is 5.30. The summed E-state index contributed by atoms with van der Waals surface area (Å²) >= 11 is 0. The molecule has 1 atom stereocenters. The Morgan fingerprint density at radius 3 is 2.43 bits per heavy atom. The van der Waals surface area contributed by atoms with Gasteiger partial charge in [-0.1, -0.05) is 18.2 Å². The maximum Gasteiger partial charge on any atom is 0.265 e. The first-order valence-electron chi connectivity index (χ1n) is 9.74. The van der Waals surface area contributed by atoms with Gasteiger partial charge < -0.3 is 15.0 Å². The number of ether oxygens (including phenoxy) is 1. The van der Waals surface area contributed by atoms with Crippen LogP contribution in [0.1, 0.15) is 22.8 Å². The monoisotopic (exact) mass is 429 g/mol. The van der Waals surface area contributed by atoms with Crippen molar-refractivity contribution in [2.24, 2.45) is 0 Å². The Hall–Kier alpha value is -2.91. The number of carbonyl (C=O) groups is 2. The molecule has 2 amide bonds. The molecule has 4 rings (SSSR count). The first-order chi connectivity index (χ1) is 14.3. The number of aryl methyl sites for hydroxylation is 1. The van der Waals surface area contributed by atoms with E-state index in [0.717, 1.165) is 0 Å². The Bertz CT molecular complexity index is 1090. The zero-order valence-electron chi connectivity index (χ0n) is 16.8. The van der Waals surface area contributed by atoms with Gasteiger partial charge in [-0.25, -0.2) is 8.42 Å². The number of hydrogen-bond donors (Lipinski definition) is 1. The van der Waals surface area contributed by atoms with Crippen molar-refractivity contribution in [2.45, 2.75) is 24.8 Å². The molecule has 1 saturated heterocycles. The van der Waals surface area contributed by atoms with Gasteiger partial charge in [-0.15, -0.1) is 0 Å². The molecular weight excluding hydrogens is 406 g/mol. The van der Waals surface area contributed by atoms with Gasteiger partial charge in [-0.3, -0.25) is 9.59 Å². The molecular formula is C21H23N3O5S. The van der Waals surface area contributed by atoms with E-state index in [0.29, 0.717) is 35.7 Å². The molecule has 2 aromatic rings. The van der Waals surface area contributed by atoms with Gasteiger partial charge in [-0.05, 0) is 37.6 Å². The first-order valence-corrected chi connectivity index (χ1v) is 11.2. The van der Waals surface area contributed by atoms with E-state index in [1.807, 2.05) is 6.07 Å². The summed E-state index contributed by atoms with van der Waals surface area (Å²) in [6.07, 6.45) is -0.691. The molecule has 0 bridgehead atoms. The Balaban J connectivity index is 1.52. The number of anilines is 1. The van der Waals surface area contributed by atoms with E-state index in [-0.39, 0.29) is 29.8 Å². The second kappa shape index (κ2) is 7.73. The summed E-state index contributed by atoms with van der Waals surface area (Å²) < 4.78 is 33.5. The SMILES string of the molecule is Cc1cc2c(cc1S(=O)(=O)N1CCN(C(=O)c3ccccc3)CC1)O[C@H](C)C(=O)N2. The number of rotatable bonds is 3. The third-order valence-corrected chi connectivity index (χ3v) is 7.41. The molecule has 0 aliphatic carbocycles. The van der Waals surface area contributed by atoms with Crippen molar-refractivity contribution in [3.8, 4) is 5.75 Å². The summed E-state index contributed by atoms with van der Waals surface area (Å²) in [6.45, 7) is 4.36. The summed E-state index contributed by atoms with van der Waals surface area (Å²) in [6, 6.07) is 12.0. The fourth-order valence-electron chi connectivity index (χ4n) is 3.65. The summed E-state index contributed by atoms with van der Waals surface area (Å²) in [7, 11) is -3.77. The third kappa shape index (κ3) is 3.66. The minimum atomic E-state index is -3.77. The molecule has 0 saturated carbocycles. The summed E-state index contributed by atoms with van der Waals surface area (Å²) in [4.78, 5) is 26.2. The molecule has 1 fully saturated rings. The molecule has 158 valence electrons. The topological polar surface area (TPSA) is 96.0 Å². The van der Waals surface area contributed by atoms with Crippen LogP contribution in [0.15, 0.2) is 47.4 Å². The van der Waals surface area contributed by atoms with E-state index >= 15 is 0 Å². The number of benzene rings is 2. The van der Waals surface area contributed by atoms with Crippen molar-refractivity contribution < 1.29 is 22.7 Å². The number of nitrogens with one attached hydrogen (secondary N) is 1. The highest BCUT2D eigenvalue weighted by molar-refractivity contribution is 7.89. The number of sulfonamides is 1. The van der Waals surface area contributed by atoms with Crippen molar-refractivity contribution in [2.75, 3.05) is 31.5 Å². The quantitative estimate of drug-likeness (QED) is 0.804.